The van der Waals surface area contributed by atoms with Gasteiger partial charge in [-0.1, -0.05) is 12.1 Å². The Morgan fingerprint density at radius 3 is 2.95 bits per heavy atom. The molecule has 0 saturated carbocycles. The van der Waals surface area contributed by atoms with Crippen molar-refractivity contribution in [1.29, 1.82) is 0 Å². The van der Waals surface area contributed by atoms with Crippen LogP contribution in [0.15, 0.2) is 24.3 Å². The first kappa shape index (κ1) is 14.7. The van der Waals surface area contributed by atoms with Crippen molar-refractivity contribution in [2.24, 2.45) is 0 Å². The monoisotopic (exact) mass is 294 g/mol. The van der Waals surface area contributed by atoms with Crippen LogP contribution in [0, 0.1) is 0 Å². The number of carbonyl (C=O) groups excluding carboxylic acids is 1. The minimum atomic E-state index is -0.884. The van der Waals surface area contributed by atoms with Crippen molar-refractivity contribution in [3.63, 3.8) is 0 Å². The number of carboxylic acid groups (broad SMARTS) is 1. The Bertz CT molecular complexity index is 487. The molecule has 0 spiro atoms. The fourth-order valence-electron chi connectivity index (χ4n) is 2.12. The Labute approximate surface area is 122 Å². The van der Waals surface area contributed by atoms with E-state index in [9.17, 15) is 9.59 Å². The molecule has 3 N–H and O–H groups in total. The second-order valence-electron chi connectivity index (χ2n) is 4.74. The highest BCUT2D eigenvalue weighted by molar-refractivity contribution is 8.00. The maximum atomic E-state index is 11.8. The number of urea groups is 1. The average Bonchev–Trinajstić information content (AvgIpc) is 2.89. The van der Waals surface area contributed by atoms with Gasteiger partial charge in [-0.3, -0.25) is 4.79 Å². The molecule has 6 heteroatoms. The van der Waals surface area contributed by atoms with Gasteiger partial charge >= 0.3 is 12.0 Å². The van der Waals surface area contributed by atoms with Gasteiger partial charge in [-0.05, 0) is 36.3 Å². The van der Waals surface area contributed by atoms with E-state index in [4.69, 9.17) is 5.11 Å². The number of nitrogens with one attached hydrogen (secondary N) is 2. The van der Waals surface area contributed by atoms with Crippen LogP contribution in [0.5, 0.6) is 0 Å². The number of amides is 2. The van der Waals surface area contributed by atoms with Crippen molar-refractivity contribution in [1.82, 2.24) is 5.32 Å². The zero-order valence-electron chi connectivity index (χ0n) is 11.1. The number of rotatable bonds is 5. The standard InChI is InChI=1S/C14H18N2O3S/c17-13(18)8-10-3-1-4-11(7-10)16-14(19)15-9-12-5-2-6-20-12/h1,3-4,7,12H,2,5-6,8-9H2,(H,17,18)(H2,15,16,19). The van der Waals surface area contributed by atoms with Gasteiger partial charge in [-0.2, -0.15) is 11.8 Å². The van der Waals surface area contributed by atoms with Crippen LogP contribution in [0.4, 0.5) is 10.5 Å². The Morgan fingerprint density at radius 1 is 1.40 bits per heavy atom. The normalized spacial score (nSPS) is 17.7. The quantitative estimate of drug-likeness (QED) is 0.779. The van der Waals surface area contributed by atoms with E-state index in [2.05, 4.69) is 10.6 Å². The minimum Gasteiger partial charge on any atom is -0.481 e. The number of hydrogen-bond donors (Lipinski definition) is 3. The number of aliphatic carboxylic acids is 1. The summed E-state index contributed by atoms with van der Waals surface area (Å²) in [6, 6.07) is 6.64. The van der Waals surface area contributed by atoms with Gasteiger partial charge in [0.1, 0.15) is 0 Å². The Morgan fingerprint density at radius 2 is 2.25 bits per heavy atom. The Balaban J connectivity index is 1.82. The molecule has 0 aromatic heterocycles. The Hall–Kier alpha value is -1.69. The van der Waals surface area contributed by atoms with Gasteiger partial charge < -0.3 is 15.7 Å². The van der Waals surface area contributed by atoms with Crippen LogP contribution in [-0.4, -0.2) is 34.7 Å². The maximum absolute atomic E-state index is 11.8. The van der Waals surface area contributed by atoms with Crippen molar-refractivity contribution in [3.05, 3.63) is 29.8 Å². The van der Waals surface area contributed by atoms with Crippen LogP contribution in [0.3, 0.4) is 0 Å². The van der Waals surface area contributed by atoms with Crippen molar-refractivity contribution < 1.29 is 14.7 Å². The smallest absolute Gasteiger partial charge is 0.319 e. The number of carboxylic acids is 1. The molecule has 108 valence electrons. The SMILES string of the molecule is O=C(O)Cc1cccc(NC(=O)NCC2CCCS2)c1. The molecule has 0 radical (unpaired) electrons. The summed E-state index contributed by atoms with van der Waals surface area (Å²) in [6.45, 7) is 0.672. The third-order valence-corrected chi connectivity index (χ3v) is 4.45. The third-order valence-electron chi connectivity index (χ3n) is 3.05. The summed E-state index contributed by atoms with van der Waals surface area (Å²) in [5.41, 5.74) is 1.28. The van der Waals surface area contributed by atoms with Gasteiger partial charge in [0.15, 0.2) is 0 Å². The van der Waals surface area contributed by atoms with E-state index >= 15 is 0 Å². The Kier molecular flexibility index (Phi) is 5.29. The molecule has 0 bridgehead atoms. The molecular weight excluding hydrogens is 276 g/mol. The predicted octanol–water partition coefficient (Wildman–Crippen LogP) is 2.33. The van der Waals surface area contributed by atoms with E-state index < -0.39 is 5.97 Å². The second kappa shape index (κ2) is 7.19. The zero-order valence-corrected chi connectivity index (χ0v) is 11.9. The molecule has 0 aliphatic carbocycles. The number of thioether (sulfide) groups is 1. The lowest BCUT2D eigenvalue weighted by Crippen LogP contribution is -2.33. The van der Waals surface area contributed by atoms with Crippen LogP contribution in [-0.2, 0) is 11.2 Å². The molecule has 2 amide bonds. The molecular formula is C14H18N2O3S. The van der Waals surface area contributed by atoms with Gasteiger partial charge in [0.05, 0.1) is 6.42 Å². The van der Waals surface area contributed by atoms with E-state index in [1.807, 2.05) is 11.8 Å². The number of benzene rings is 1. The van der Waals surface area contributed by atoms with Gasteiger partial charge in [-0.25, -0.2) is 4.79 Å². The molecule has 1 atom stereocenters. The van der Waals surface area contributed by atoms with Crippen LogP contribution in [0.2, 0.25) is 0 Å². The fourth-order valence-corrected chi connectivity index (χ4v) is 3.32. The molecule has 1 saturated heterocycles. The number of hydrogen-bond acceptors (Lipinski definition) is 3. The largest absolute Gasteiger partial charge is 0.481 e. The van der Waals surface area contributed by atoms with E-state index in [0.717, 1.165) is 6.42 Å². The first-order valence-electron chi connectivity index (χ1n) is 6.60. The van der Waals surface area contributed by atoms with Crippen molar-refractivity contribution >= 4 is 29.4 Å². The highest BCUT2D eigenvalue weighted by Gasteiger charge is 2.16. The molecule has 1 heterocycles. The van der Waals surface area contributed by atoms with E-state index in [-0.39, 0.29) is 12.5 Å². The van der Waals surface area contributed by atoms with Gasteiger partial charge in [0.25, 0.3) is 0 Å². The number of anilines is 1. The first-order chi connectivity index (χ1) is 9.63. The zero-order chi connectivity index (χ0) is 14.4. The summed E-state index contributed by atoms with van der Waals surface area (Å²) in [6.07, 6.45) is 2.32. The maximum Gasteiger partial charge on any atom is 0.319 e. The van der Waals surface area contributed by atoms with Crippen molar-refractivity contribution in [2.75, 3.05) is 17.6 Å². The van der Waals surface area contributed by atoms with Crippen LogP contribution in [0.1, 0.15) is 18.4 Å². The molecule has 1 aliphatic rings. The van der Waals surface area contributed by atoms with Gasteiger partial charge in [0, 0.05) is 17.5 Å². The first-order valence-corrected chi connectivity index (χ1v) is 7.65. The lowest BCUT2D eigenvalue weighted by Gasteiger charge is -2.11. The second-order valence-corrected chi connectivity index (χ2v) is 6.15. The molecule has 1 fully saturated rings. The van der Waals surface area contributed by atoms with Crippen LogP contribution < -0.4 is 10.6 Å². The highest BCUT2D eigenvalue weighted by atomic mass is 32.2. The topological polar surface area (TPSA) is 78.4 Å². The molecule has 1 unspecified atom stereocenters. The third kappa shape index (κ3) is 4.77. The minimum absolute atomic E-state index is 0.0458. The molecule has 1 aromatic carbocycles. The molecule has 1 aromatic rings. The summed E-state index contributed by atoms with van der Waals surface area (Å²) in [7, 11) is 0. The summed E-state index contributed by atoms with van der Waals surface area (Å²) >= 11 is 1.89. The average molecular weight is 294 g/mol. The lowest BCUT2D eigenvalue weighted by molar-refractivity contribution is -0.136. The van der Waals surface area contributed by atoms with E-state index in [1.54, 1.807) is 24.3 Å². The van der Waals surface area contributed by atoms with Gasteiger partial charge in [-0.15, -0.1) is 0 Å². The highest BCUT2D eigenvalue weighted by Crippen LogP contribution is 2.25. The summed E-state index contributed by atoms with van der Waals surface area (Å²) < 4.78 is 0. The summed E-state index contributed by atoms with van der Waals surface area (Å²) in [4.78, 5) is 22.4. The fraction of sp³-hybridized carbons (Fsp3) is 0.429. The van der Waals surface area contributed by atoms with Crippen LogP contribution in [0.25, 0.3) is 0 Å². The van der Waals surface area contributed by atoms with E-state index in [1.165, 1.54) is 12.2 Å². The van der Waals surface area contributed by atoms with Crippen LogP contribution >= 0.6 is 11.8 Å². The van der Waals surface area contributed by atoms with Gasteiger partial charge in [0.2, 0.25) is 0 Å². The van der Waals surface area contributed by atoms with Crippen molar-refractivity contribution in [2.45, 2.75) is 24.5 Å². The molecule has 20 heavy (non-hydrogen) atoms. The molecule has 5 nitrogen and oxygen atoms in total. The number of carbonyl (C=O) groups is 2. The van der Waals surface area contributed by atoms with E-state index in [0.29, 0.717) is 23.0 Å². The molecule has 1 aliphatic heterocycles. The molecule has 2 rings (SSSR count). The van der Waals surface area contributed by atoms with Crippen molar-refractivity contribution in [3.8, 4) is 0 Å². The predicted molar refractivity (Wildman–Crippen MR) is 80.3 cm³/mol. The summed E-state index contributed by atoms with van der Waals surface area (Å²) in [5.74, 6) is 0.287. The lowest BCUT2D eigenvalue weighted by atomic mass is 10.1. The summed E-state index contributed by atoms with van der Waals surface area (Å²) in [5, 5.41) is 14.8.